The Hall–Kier alpha value is -1.63. The van der Waals surface area contributed by atoms with Gasteiger partial charge in [0.15, 0.2) is 0 Å². The van der Waals surface area contributed by atoms with Crippen molar-refractivity contribution in [2.45, 2.75) is 38.4 Å². The van der Waals surface area contributed by atoms with Crippen LogP contribution in [0.25, 0.3) is 0 Å². The fourth-order valence-corrected chi connectivity index (χ4v) is 3.74. The minimum absolute atomic E-state index is 0.0349. The number of rotatable bonds is 6. The molecule has 0 saturated carbocycles. The largest absolute Gasteiger partial charge is 0.379 e. The van der Waals surface area contributed by atoms with Crippen LogP contribution in [0.15, 0.2) is 30.3 Å². The molecule has 1 aromatic rings. The van der Waals surface area contributed by atoms with Crippen LogP contribution >= 0.6 is 0 Å². The number of likely N-dealkylation sites (tertiary alicyclic amines) is 1. The van der Waals surface area contributed by atoms with Gasteiger partial charge in [0, 0.05) is 51.4 Å². The molecule has 1 unspecified atom stereocenters. The first-order chi connectivity index (χ1) is 12.7. The van der Waals surface area contributed by atoms with E-state index in [2.05, 4.69) is 57.7 Å². The number of urea groups is 1. The summed E-state index contributed by atoms with van der Waals surface area (Å²) in [7, 11) is 0. The highest BCUT2D eigenvalue weighted by molar-refractivity contribution is 5.74. The van der Waals surface area contributed by atoms with Crippen molar-refractivity contribution >= 4 is 6.03 Å². The van der Waals surface area contributed by atoms with Crippen LogP contribution in [-0.4, -0.2) is 73.9 Å². The van der Waals surface area contributed by atoms with Gasteiger partial charge >= 0.3 is 6.03 Å². The van der Waals surface area contributed by atoms with Gasteiger partial charge in [0.05, 0.1) is 13.2 Å². The van der Waals surface area contributed by atoms with E-state index in [0.717, 1.165) is 65.3 Å². The zero-order valence-corrected chi connectivity index (χ0v) is 15.8. The van der Waals surface area contributed by atoms with Crippen LogP contribution in [0.3, 0.4) is 0 Å². The van der Waals surface area contributed by atoms with Gasteiger partial charge in [-0.15, -0.1) is 0 Å². The molecule has 2 amide bonds. The van der Waals surface area contributed by atoms with Crippen LogP contribution in [0.1, 0.15) is 25.3 Å². The van der Waals surface area contributed by atoms with Gasteiger partial charge in [0.1, 0.15) is 0 Å². The lowest BCUT2D eigenvalue weighted by atomic mass is 10.0. The molecule has 2 saturated heterocycles. The zero-order valence-electron chi connectivity index (χ0n) is 15.8. The third-order valence-corrected chi connectivity index (χ3v) is 5.19. The summed E-state index contributed by atoms with van der Waals surface area (Å²) in [6.45, 7) is 9.49. The van der Waals surface area contributed by atoms with Gasteiger partial charge in [0.2, 0.25) is 0 Å². The molecule has 0 bridgehead atoms. The Morgan fingerprint density at radius 1 is 1.12 bits per heavy atom. The summed E-state index contributed by atoms with van der Waals surface area (Å²) in [4.78, 5) is 17.1. The lowest BCUT2D eigenvalue weighted by molar-refractivity contribution is 0.0348. The molecule has 2 fully saturated rings. The number of hydrogen-bond acceptors (Lipinski definition) is 4. The molecule has 2 aliphatic rings. The van der Waals surface area contributed by atoms with E-state index < -0.39 is 0 Å². The Morgan fingerprint density at radius 3 is 2.50 bits per heavy atom. The monoisotopic (exact) mass is 360 g/mol. The number of ether oxygens (including phenoxy) is 1. The van der Waals surface area contributed by atoms with Crippen LogP contribution in [0, 0.1) is 0 Å². The van der Waals surface area contributed by atoms with Gasteiger partial charge in [-0.2, -0.15) is 0 Å². The van der Waals surface area contributed by atoms with E-state index in [-0.39, 0.29) is 18.1 Å². The van der Waals surface area contributed by atoms with Crippen LogP contribution in [0.2, 0.25) is 0 Å². The average molecular weight is 361 g/mol. The maximum absolute atomic E-state index is 12.3. The predicted molar refractivity (Wildman–Crippen MR) is 103 cm³/mol. The van der Waals surface area contributed by atoms with Crippen molar-refractivity contribution < 1.29 is 9.53 Å². The standard InChI is InChI=1S/C20H32N4O2/c1-17(15-24-11-13-26-14-12-24)21-20(25)22-19-7-9-23(10-8-19)16-18-5-3-2-4-6-18/h2-6,17,19H,7-16H2,1H3,(H2,21,22,25). The number of carbonyl (C=O) groups is 1. The van der Waals surface area contributed by atoms with Crippen molar-refractivity contribution in [3.05, 3.63) is 35.9 Å². The summed E-state index contributed by atoms with van der Waals surface area (Å²) in [6, 6.07) is 11.0. The van der Waals surface area contributed by atoms with Crippen LogP contribution in [0.5, 0.6) is 0 Å². The number of piperidine rings is 1. The van der Waals surface area contributed by atoms with Gasteiger partial charge < -0.3 is 15.4 Å². The Morgan fingerprint density at radius 2 is 1.81 bits per heavy atom. The van der Waals surface area contributed by atoms with E-state index in [1.165, 1.54) is 5.56 Å². The van der Waals surface area contributed by atoms with Crippen molar-refractivity contribution in [1.82, 2.24) is 20.4 Å². The summed E-state index contributed by atoms with van der Waals surface area (Å²) in [5.41, 5.74) is 1.36. The fraction of sp³-hybridized carbons (Fsp3) is 0.650. The molecule has 0 spiro atoms. The van der Waals surface area contributed by atoms with Crippen LogP contribution in [-0.2, 0) is 11.3 Å². The molecule has 6 heteroatoms. The molecular formula is C20H32N4O2. The summed E-state index contributed by atoms with van der Waals surface area (Å²) >= 11 is 0. The molecule has 0 radical (unpaired) electrons. The number of amides is 2. The Balaban J connectivity index is 1.32. The normalized spacial score (nSPS) is 21.3. The maximum Gasteiger partial charge on any atom is 0.315 e. The number of carbonyl (C=O) groups excluding carboxylic acids is 1. The molecule has 2 heterocycles. The minimum Gasteiger partial charge on any atom is -0.379 e. The minimum atomic E-state index is -0.0349. The second-order valence-corrected chi connectivity index (χ2v) is 7.47. The molecule has 144 valence electrons. The van der Waals surface area contributed by atoms with E-state index in [0.29, 0.717) is 0 Å². The van der Waals surface area contributed by atoms with E-state index in [1.54, 1.807) is 0 Å². The van der Waals surface area contributed by atoms with Gasteiger partial charge in [0.25, 0.3) is 0 Å². The first-order valence-electron chi connectivity index (χ1n) is 9.82. The number of hydrogen-bond donors (Lipinski definition) is 2. The quantitative estimate of drug-likeness (QED) is 0.810. The molecular weight excluding hydrogens is 328 g/mol. The van der Waals surface area contributed by atoms with Gasteiger partial charge in [-0.3, -0.25) is 9.80 Å². The lowest BCUT2D eigenvalue weighted by Crippen LogP contribution is -2.52. The van der Waals surface area contributed by atoms with Crippen molar-refractivity contribution in [2.24, 2.45) is 0 Å². The Bertz CT molecular complexity index is 540. The zero-order chi connectivity index (χ0) is 18.2. The van der Waals surface area contributed by atoms with Gasteiger partial charge in [-0.1, -0.05) is 30.3 Å². The summed E-state index contributed by atoms with van der Waals surface area (Å²) in [6.07, 6.45) is 2.02. The van der Waals surface area contributed by atoms with Gasteiger partial charge in [-0.25, -0.2) is 4.79 Å². The number of benzene rings is 1. The smallest absolute Gasteiger partial charge is 0.315 e. The maximum atomic E-state index is 12.3. The fourth-order valence-electron chi connectivity index (χ4n) is 3.74. The van der Waals surface area contributed by atoms with Crippen molar-refractivity contribution in [3.8, 4) is 0 Å². The average Bonchev–Trinajstić information content (AvgIpc) is 2.65. The second kappa shape index (κ2) is 9.90. The number of nitrogens with zero attached hydrogens (tertiary/aromatic N) is 2. The summed E-state index contributed by atoms with van der Waals surface area (Å²) in [5.74, 6) is 0. The first-order valence-corrected chi connectivity index (χ1v) is 9.82. The third-order valence-electron chi connectivity index (χ3n) is 5.19. The van der Waals surface area contributed by atoms with Crippen molar-refractivity contribution in [1.29, 1.82) is 0 Å². The third kappa shape index (κ3) is 6.27. The molecule has 1 aromatic carbocycles. The highest BCUT2D eigenvalue weighted by Gasteiger charge is 2.21. The Kier molecular flexibility index (Phi) is 7.29. The molecule has 0 aromatic heterocycles. The molecule has 1 atom stereocenters. The predicted octanol–water partition coefficient (Wildman–Crippen LogP) is 1.67. The molecule has 2 aliphatic heterocycles. The van der Waals surface area contributed by atoms with E-state index in [9.17, 15) is 4.79 Å². The SMILES string of the molecule is CC(CN1CCOCC1)NC(=O)NC1CCN(Cc2ccccc2)CC1. The van der Waals surface area contributed by atoms with Gasteiger partial charge in [-0.05, 0) is 25.3 Å². The Labute approximate surface area is 156 Å². The first kappa shape index (κ1) is 19.1. The highest BCUT2D eigenvalue weighted by Crippen LogP contribution is 2.13. The topological polar surface area (TPSA) is 56.8 Å². The number of nitrogens with one attached hydrogen (secondary N) is 2. The molecule has 0 aliphatic carbocycles. The van der Waals surface area contributed by atoms with E-state index in [1.807, 2.05) is 0 Å². The van der Waals surface area contributed by atoms with E-state index in [4.69, 9.17) is 4.74 Å². The molecule has 26 heavy (non-hydrogen) atoms. The highest BCUT2D eigenvalue weighted by atomic mass is 16.5. The lowest BCUT2D eigenvalue weighted by Gasteiger charge is -2.33. The molecule has 6 nitrogen and oxygen atoms in total. The van der Waals surface area contributed by atoms with E-state index >= 15 is 0 Å². The summed E-state index contributed by atoms with van der Waals surface area (Å²) < 4.78 is 5.36. The molecule has 3 rings (SSSR count). The van der Waals surface area contributed by atoms with Crippen LogP contribution < -0.4 is 10.6 Å². The second-order valence-electron chi connectivity index (χ2n) is 7.47. The summed E-state index contributed by atoms with van der Waals surface area (Å²) in [5, 5.41) is 6.23. The van der Waals surface area contributed by atoms with Crippen molar-refractivity contribution in [3.63, 3.8) is 0 Å². The molecule has 2 N–H and O–H groups in total. The number of morpholine rings is 1. The van der Waals surface area contributed by atoms with Crippen LogP contribution in [0.4, 0.5) is 4.79 Å². The van der Waals surface area contributed by atoms with Crippen molar-refractivity contribution in [2.75, 3.05) is 45.9 Å².